The van der Waals surface area contributed by atoms with Gasteiger partial charge in [0.1, 0.15) is 0 Å². The van der Waals surface area contributed by atoms with E-state index in [1.54, 1.807) is 36.0 Å². The van der Waals surface area contributed by atoms with Crippen LogP contribution in [0.4, 0.5) is 0 Å². The number of benzene rings is 2. The maximum Gasteiger partial charge on any atom is 0.243 e. The van der Waals surface area contributed by atoms with Crippen LogP contribution in [0.2, 0.25) is 0 Å². The molecule has 2 heterocycles. The molecule has 0 saturated carbocycles. The Morgan fingerprint density at radius 3 is 2.55 bits per heavy atom. The summed E-state index contributed by atoms with van der Waals surface area (Å²) < 4.78 is 33.9. The first kappa shape index (κ1) is 20.6. The molecule has 152 valence electrons. The van der Waals surface area contributed by atoms with Crippen LogP contribution in [-0.4, -0.2) is 42.2 Å². The smallest absolute Gasteiger partial charge is 0.243 e. The summed E-state index contributed by atoms with van der Waals surface area (Å²) in [5.41, 5.74) is 0.882. The van der Waals surface area contributed by atoms with Crippen LogP contribution in [0.1, 0.15) is 24.7 Å². The summed E-state index contributed by atoms with van der Waals surface area (Å²) in [5.74, 6) is 0.908. The highest BCUT2D eigenvalue weighted by Crippen LogP contribution is 2.31. The minimum absolute atomic E-state index is 0.110. The van der Waals surface area contributed by atoms with E-state index in [0.29, 0.717) is 29.7 Å². The normalized spacial score (nSPS) is 18.1. The number of rotatable bonds is 5. The molecule has 1 saturated heterocycles. The van der Waals surface area contributed by atoms with Crippen LogP contribution < -0.4 is 0 Å². The van der Waals surface area contributed by atoms with Crippen molar-refractivity contribution in [2.45, 2.75) is 28.6 Å². The Bertz CT molecular complexity index is 1080. The Morgan fingerprint density at radius 1 is 1.14 bits per heavy atom. The van der Waals surface area contributed by atoms with Gasteiger partial charge in [0.2, 0.25) is 21.7 Å². The molecule has 1 aromatic heterocycles. The van der Waals surface area contributed by atoms with Crippen molar-refractivity contribution in [3.8, 4) is 11.4 Å². The monoisotopic (exact) mass is 493 g/mol. The Balaban J connectivity index is 1.52. The van der Waals surface area contributed by atoms with Crippen LogP contribution in [-0.2, 0) is 10.0 Å². The Morgan fingerprint density at radius 2 is 1.86 bits per heavy atom. The van der Waals surface area contributed by atoms with Crippen LogP contribution >= 0.6 is 27.7 Å². The van der Waals surface area contributed by atoms with Crippen LogP contribution in [0.3, 0.4) is 0 Å². The van der Waals surface area contributed by atoms with E-state index in [4.69, 9.17) is 4.52 Å². The molecule has 2 aromatic carbocycles. The standard InChI is InChI=1S/C20H20BrN3O3S2/c1-28-17-8-4-14(5-9-17)19-22-20(27-23-19)15-3-2-12-24(13-15)29(25,26)18-10-6-16(21)7-11-18/h4-11,15H,2-3,12-13H2,1H3/t15-/m0/s1. The number of thioether (sulfide) groups is 1. The van der Waals surface area contributed by atoms with Gasteiger partial charge in [-0.3, -0.25) is 0 Å². The fraction of sp³-hybridized carbons (Fsp3) is 0.300. The van der Waals surface area contributed by atoms with Crippen molar-refractivity contribution in [3.05, 3.63) is 58.9 Å². The highest BCUT2D eigenvalue weighted by Gasteiger charge is 2.33. The summed E-state index contributed by atoms with van der Waals surface area (Å²) in [7, 11) is -3.55. The van der Waals surface area contributed by atoms with Gasteiger partial charge in [-0.15, -0.1) is 11.8 Å². The second-order valence-corrected chi connectivity index (χ2v) is 10.6. The maximum atomic E-state index is 13.0. The Kier molecular flexibility index (Phi) is 6.10. The lowest BCUT2D eigenvalue weighted by molar-refractivity contribution is 0.265. The largest absolute Gasteiger partial charge is 0.339 e. The van der Waals surface area contributed by atoms with Crippen molar-refractivity contribution in [3.63, 3.8) is 0 Å². The fourth-order valence-electron chi connectivity index (χ4n) is 3.38. The van der Waals surface area contributed by atoms with Gasteiger partial charge in [-0.25, -0.2) is 8.42 Å². The topological polar surface area (TPSA) is 76.3 Å². The number of aromatic nitrogens is 2. The van der Waals surface area contributed by atoms with E-state index in [-0.39, 0.29) is 5.92 Å². The van der Waals surface area contributed by atoms with E-state index >= 15 is 0 Å². The van der Waals surface area contributed by atoms with Gasteiger partial charge in [0.25, 0.3) is 0 Å². The highest BCUT2D eigenvalue weighted by atomic mass is 79.9. The molecule has 0 bridgehead atoms. The maximum absolute atomic E-state index is 13.0. The lowest BCUT2D eigenvalue weighted by Gasteiger charge is -2.30. The molecule has 0 N–H and O–H groups in total. The van der Waals surface area contributed by atoms with E-state index in [1.165, 1.54) is 9.20 Å². The zero-order valence-corrected chi connectivity index (χ0v) is 19.0. The number of sulfonamides is 1. The zero-order valence-electron chi connectivity index (χ0n) is 15.8. The molecule has 0 amide bonds. The number of piperidine rings is 1. The molecule has 3 aromatic rings. The molecule has 0 unspecified atom stereocenters. The predicted molar refractivity (Wildman–Crippen MR) is 116 cm³/mol. The summed E-state index contributed by atoms with van der Waals surface area (Å²) in [5, 5.41) is 4.11. The molecule has 0 aliphatic carbocycles. The SMILES string of the molecule is CSc1ccc(-c2noc([C@H]3CCCN(S(=O)(=O)c4ccc(Br)cc4)C3)n2)cc1. The van der Waals surface area contributed by atoms with E-state index in [1.807, 2.05) is 30.5 Å². The second-order valence-electron chi connectivity index (χ2n) is 6.84. The van der Waals surface area contributed by atoms with Crippen molar-refractivity contribution in [1.82, 2.24) is 14.4 Å². The van der Waals surface area contributed by atoms with Crippen LogP contribution in [0.25, 0.3) is 11.4 Å². The molecular weight excluding hydrogens is 474 g/mol. The summed E-state index contributed by atoms with van der Waals surface area (Å²) in [6.07, 6.45) is 3.60. The molecule has 29 heavy (non-hydrogen) atoms. The van der Waals surface area contributed by atoms with Gasteiger partial charge in [0.05, 0.1) is 10.8 Å². The van der Waals surface area contributed by atoms with Crippen molar-refractivity contribution in [2.24, 2.45) is 0 Å². The fourth-order valence-corrected chi connectivity index (χ4v) is 5.57. The lowest BCUT2D eigenvalue weighted by atomic mass is 10.00. The van der Waals surface area contributed by atoms with E-state index in [0.717, 1.165) is 22.9 Å². The van der Waals surface area contributed by atoms with Crippen LogP contribution in [0.15, 0.2) is 67.3 Å². The number of hydrogen-bond acceptors (Lipinski definition) is 6. The second kappa shape index (κ2) is 8.59. The molecule has 9 heteroatoms. The molecule has 1 aliphatic heterocycles. The Hall–Kier alpha value is -1.68. The van der Waals surface area contributed by atoms with E-state index in [2.05, 4.69) is 26.1 Å². The van der Waals surface area contributed by atoms with Crippen molar-refractivity contribution >= 4 is 37.7 Å². The number of nitrogens with zero attached hydrogens (tertiary/aromatic N) is 3. The number of halogens is 1. The summed E-state index contributed by atoms with van der Waals surface area (Å²) in [6.45, 7) is 0.831. The van der Waals surface area contributed by atoms with Crippen LogP contribution in [0, 0.1) is 0 Å². The first-order chi connectivity index (χ1) is 14.0. The molecule has 6 nitrogen and oxygen atoms in total. The van der Waals surface area contributed by atoms with Crippen molar-refractivity contribution in [1.29, 1.82) is 0 Å². The lowest BCUT2D eigenvalue weighted by Crippen LogP contribution is -2.39. The third kappa shape index (κ3) is 4.42. The third-order valence-corrected chi connectivity index (χ3v) is 8.13. The number of hydrogen-bond donors (Lipinski definition) is 0. The molecular formula is C20H20BrN3O3S2. The summed E-state index contributed by atoms with van der Waals surface area (Å²) in [4.78, 5) is 6.01. The highest BCUT2D eigenvalue weighted by molar-refractivity contribution is 9.10. The molecule has 0 radical (unpaired) electrons. The van der Waals surface area contributed by atoms with Gasteiger partial charge in [-0.2, -0.15) is 9.29 Å². The minimum Gasteiger partial charge on any atom is -0.339 e. The molecule has 4 rings (SSSR count). The zero-order chi connectivity index (χ0) is 20.4. The summed E-state index contributed by atoms with van der Waals surface area (Å²) >= 11 is 5.01. The van der Waals surface area contributed by atoms with Gasteiger partial charge in [-0.1, -0.05) is 21.1 Å². The quantitative estimate of drug-likeness (QED) is 0.475. The van der Waals surface area contributed by atoms with Gasteiger partial charge < -0.3 is 4.52 Å². The predicted octanol–water partition coefficient (Wildman–Crippen LogP) is 4.79. The Labute approximate surface area is 182 Å². The van der Waals surface area contributed by atoms with Crippen molar-refractivity contribution in [2.75, 3.05) is 19.3 Å². The van der Waals surface area contributed by atoms with Gasteiger partial charge in [0, 0.05) is 28.0 Å². The first-order valence-electron chi connectivity index (χ1n) is 9.21. The third-order valence-electron chi connectivity index (χ3n) is 4.97. The molecule has 1 atom stereocenters. The van der Waals surface area contributed by atoms with Crippen molar-refractivity contribution < 1.29 is 12.9 Å². The minimum atomic E-state index is -3.55. The molecule has 0 spiro atoms. The molecule has 1 fully saturated rings. The summed E-state index contributed by atoms with van der Waals surface area (Å²) in [6, 6.07) is 14.7. The van der Waals surface area contributed by atoms with Gasteiger partial charge >= 0.3 is 0 Å². The average Bonchev–Trinajstić information content (AvgIpc) is 3.24. The first-order valence-corrected chi connectivity index (χ1v) is 12.7. The molecule has 1 aliphatic rings. The van der Waals surface area contributed by atoms with E-state index < -0.39 is 10.0 Å². The van der Waals surface area contributed by atoms with E-state index in [9.17, 15) is 8.42 Å². The van der Waals surface area contributed by atoms with Gasteiger partial charge in [0.15, 0.2) is 0 Å². The average molecular weight is 494 g/mol. The van der Waals surface area contributed by atoms with Gasteiger partial charge in [-0.05, 0) is 67.6 Å². The van der Waals surface area contributed by atoms with Crippen LogP contribution in [0.5, 0.6) is 0 Å².